The normalized spacial score (nSPS) is 16.9. The van der Waals surface area contributed by atoms with Crippen LogP contribution in [-0.2, 0) is 17.8 Å². The number of fused-ring (bicyclic) bond motifs is 1. The van der Waals surface area contributed by atoms with Crippen LogP contribution in [0, 0.1) is 6.92 Å². The van der Waals surface area contributed by atoms with E-state index >= 15 is 0 Å². The van der Waals surface area contributed by atoms with Crippen molar-refractivity contribution in [3.8, 4) is 0 Å². The Morgan fingerprint density at radius 3 is 2.82 bits per heavy atom. The first-order valence-electron chi connectivity index (χ1n) is 7.46. The molecule has 0 spiro atoms. The number of hydrogen-bond acceptors (Lipinski definition) is 2. The molecule has 1 atom stereocenters. The Balaban J connectivity index is 1.72. The number of rotatable bonds is 3. The summed E-state index contributed by atoms with van der Waals surface area (Å²) in [6.07, 6.45) is 0.370. The molecule has 1 unspecified atom stereocenters. The van der Waals surface area contributed by atoms with Gasteiger partial charge in [0.05, 0.1) is 12.5 Å². The highest BCUT2D eigenvalue weighted by Gasteiger charge is 2.22. The zero-order chi connectivity index (χ0) is 15.5. The van der Waals surface area contributed by atoms with Crippen LogP contribution in [0.3, 0.4) is 0 Å². The Hall–Kier alpha value is -1.84. The fourth-order valence-corrected chi connectivity index (χ4v) is 3.13. The van der Waals surface area contributed by atoms with Gasteiger partial charge in [0.1, 0.15) is 0 Å². The molecule has 4 heteroatoms. The molecular formula is C18H19ClN2O. The van der Waals surface area contributed by atoms with Gasteiger partial charge in [-0.05, 0) is 41.3 Å². The lowest BCUT2D eigenvalue weighted by Gasteiger charge is -2.29. The quantitative estimate of drug-likeness (QED) is 0.914. The third kappa shape index (κ3) is 3.32. The Bertz CT molecular complexity index is 682. The molecular weight excluding hydrogens is 296 g/mol. The van der Waals surface area contributed by atoms with E-state index < -0.39 is 0 Å². The van der Waals surface area contributed by atoms with Crippen molar-refractivity contribution in [3.63, 3.8) is 0 Å². The third-order valence-corrected chi connectivity index (χ3v) is 4.29. The predicted molar refractivity (Wildman–Crippen MR) is 88.9 cm³/mol. The standard InChI is InChI=1S/C18H19ClN2O/c1-12-3-2-4-14-10-20-11-16(18(12)14)21-17(22)9-13-5-7-15(19)8-6-13/h2-8,16,20H,9-11H2,1H3,(H,21,22). The summed E-state index contributed by atoms with van der Waals surface area (Å²) in [4.78, 5) is 12.3. The molecule has 0 aliphatic carbocycles. The van der Waals surface area contributed by atoms with Gasteiger partial charge in [-0.1, -0.05) is 41.9 Å². The number of amides is 1. The molecule has 1 aliphatic rings. The van der Waals surface area contributed by atoms with Crippen LogP contribution < -0.4 is 10.6 Å². The zero-order valence-corrected chi connectivity index (χ0v) is 13.3. The summed E-state index contributed by atoms with van der Waals surface area (Å²) in [5, 5.41) is 7.19. The molecule has 114 valence electrons. The number of nitrogens with one attached hydrogen (secondary N) is 2. The lowest BCUT2D eigenvalue weighted by atomic mass is 9.92. The van der Waals surface area contributed by atoms with E-state index in [1.54, 1.807) is 0 Å². The Kier molecular flexibility index (Phi) is 4.46. The molecule has 22 heavy (non-hydrogen) atoms. The minimum absolute atomic E-state index is 0.0322. The second-order valence-corrected chi connectivity index (χ2v) is 6.14. The number of benzene rings is 2. The van der Waals surface area contributed by atoms with Gasteiger partial charge in [0, 0.05) is 18.1 Å². The highest BCUT2D eigenvalue weighted by molar-refractivity contribution is 6.30. The third-order valence-electron chi connectivity index (χ3n) is 4.04. The van der Waals surface area contributed by atoms with Crippen molar-refractivity contribution in [1.29, 1.82) is 0 Å². The summed E-state index contributed by atoms with van der Waals surface area (Å²) in [6, 6.07) is 13.7. The van der Waals surface area contributed by atoms with Gasteiger partial charge < -0.3 is 10.6 Å². The summed E-state index contributed by atoms with van der Waals surface area (Å²) in [7, 11) is 0. The van der Waals surface area contributed by atoms with Gasteiger partial charge in [-0.25, -0.2) is 0 Å². The van der Waals surface area contributed by atoms with E-state index in [1.165, 1.54) is 16.7 Å². The molecule has 0 fully saturated rings. The molecule has 0 saturated carbocycles. The second-order valence-electron chi connectivity index (χ2n) is 5.70. The molecule has 2 N–H and O–H groups in total. The molecule has 3 nitrogen and oxygen atoms in total. The van der Waals surface area contributed by atoms with Crippen molar-refractivity contribution in [2.24, 2.45) is 0 Å². The van der Waals surface area contributed by atoms with Gasteiger partial charge in [0.15, 0.2) is 0 Å². The van der Waals surface area contributed by atoms with Crippen LogP contribution in [0.4, 0.5) is 0 Å². The first kappa shape index (κ1) is 15.1. The summed E-state index contributed by atoms with van der Waals surface area (Å²) < 4.78 is 0. The number of carbonyl (C=O) groups excluding carboxylic acids is 1. The van der Waals surface area contributed by atoms with Crippen LogP contribution in [0.1, 0.15) is 28.3 Å². The first-order chi connectivity index (χ1) is 10.6. The molecule has 1 heterocycles. The minimum Gasteiger partial charge on any atom is -0.348 e. The van der Waals surface area contributed by atoms with Crippen molar-refractivity contribution < 1.29 is 4.79 Å². The SMILES string of the molecule is Cc1cccc2c1C(NC(=O)Cc1ccc(Cl)cc1)CNC2. The van der Waals surface area contributed by atoms with E-state index in [9.17, 15) is 4.79 Å². The second kappa shape index (κ2) is 6.51. The number of carbonyl (C=O) groups is 1. The fraction of sp³-hybridized carbons (Fsp3) is 0.278. The van der Waals surface area contributed by atoms with Gasteiger partial charge in [-0.15, -0.1) is 0 Å². The Morgan fingerprint density at radius 2 is 2.05 bits per heavy atom. The van der Waals surface area contributed by atoms with Crippen molar-refractivity contribution in [2.45, 2.75) is 25.9 Å². The molecule has 1 amide bonds. The van der Waals surface area contributed by atoms with Crippen LogP contribution >= 0.6 is 11.6 Å². The summed E-state index contributed by atoms with van der Waals surface area (Å²) in [6.45, 7) is 3.73. The average molecular weight is 315 g/mol. The highest BCUT2D eigenvalue weighted by Crippen LogP contribution is 2.25. The summed E-state index contributed by atoms with van der Waals surface area (Å²) in [5.41, 5.74) is 4.72. The summed E-state index contributed by atoms with van der Waals surface area (Å²) >= 11 is 5.87. The topological polar surface area (TPSA) is 41.1 Å². The van der Waals surface area contributed by atoms with Crippen LogP contribution in [-0.4, -0.2) is 12.5 Å². The smallest absolute Gasteiger partial charge is 0.224 e. The van der Waals surface area contributed by atoms with Gasteiger partial charge in [-0.2, -0.15) is 0 Å². The lowest BCUT2D eigenvalue weighted by Crippen LogP contribution is -2.40. The van der Waals surface area contributed by atoms with Crippen molar-refractivity contribution in [1.82, 2.24) is 10.6 Å². The lowest BCUT2D eigenvalue weighted by molar-refractivity contribution is -0.121. The van der Waals surface area contributed by atoms with Crippen molar-refractivity contribution >= 4 is 17.5 Å². The molecule has 3 rings (SSSR count). The minimum atomic E-state index is 0.0322. The number of hydrogen-bond donors (Lipinski definition) is 2. The number of halogens is 1. The van der Waals surface area contributed by atoms with E-state index in [-0.39, 0.29) is 11.9 Å². The first-order valence-corrected chi connectivity index (χ1v) is 7.84. The van der Waals surface area contributed by atoms with Crippen LogP contribution in [0.15, 0.2) is 42.5 Å². The van der Waals surface area contributed by atoms with Crippen molar-refractivity contribution in [2.75, 3.05) is 6.54 Å². The predicted octanol–water partition coefficient (Wildman–Crippen LogP) is 3.15. The fourth-order valence-electron chi connectivity index (χ4n) is 3.00. The maximum absolute atomic E-state index is 12.3. The molecule has 1 aliphatic heterocycles. The monoisotopic (exact) mass is 314 g/mol. The Labute approximate surface area is 135 Å². The molecule has 0 saturated heterocycles. The zero-order valence-electron chi connectivity index (χ0n) is 12.5. The van der Waals surface area contributed by atoms with Gasteiger partial charge in [0.2, 0.25) is 5.91 Å². The van der Waals surface area contributed by atoms with Gasteiger partial charge in [0.25, 0.3) is 0 Å². The molecule has 0 radical (unpaired) electrons. The van der Waals surface area contributed by atoms with Crippen LogP contribution in [0.2, 0.25) is 5.02 Å². The van der Waals surface area contributed by atoms with Crippen LogP contribution in [0.5, 0.6) is 0 Å². The van der Waals surface area contributed by atoms with Gasteiger partial charge >= 0.3 is 0 Å². The largest absolute Gasteiger partial charge is 0.348 e. The maximum atomic E-state index is 12.3. The summed E-state index contributed by atoms with van der Waals surface area (Å²) in [5.74, 6) is 0.0326. The van der Waals surface area contributed by atoms with Crippen LogP contribution in [0.25, 0.3) is 0 Å². The molecule has 0 bridgehead atoms. The van der Waals surface area contributed by atoms with E-state index in [1.807, 2.05) is 24.3 Å². The Morgan fingerprint density at radius 1 is 1.27 bits per heavy atom. The average Bonchev–Trinajstić information content (AvgIpc) is 2.50. The van der Waals surface area contributed by atoms with Gasteiger partial charge in [-0.3, -0.25) is 4.79 Å². The molecule has 0 aromatic heterocycles. The van der Waals surface area contributed by atoms with E-state index in [0.717, 1.165) is 18.7 Å². The van der Waals surface area contributed by atoms with E-state index in [4.69, 9.17) is 11.6 Å². The van der Waals surface area contributed by atoms with Crippen molar-refractivity contribution in [3.05, 3.63) is 69.7 Å². The molecule has 2 aromatic rings. The highest BCUT2D eigenvalue weighted by atomic mass is 35.5. The molecule has 2 aromatic carbocycles. The maximum Gasteiger partial charge on any atom is 0.224 e. The van der Waals surface area contributed by atoms with E-state index in [0.29, 0.717) is 11.4 Å². The number of aryl methyl sites for hydroxylation is 1. The van der Waals surface area contributed by atoms with E-state index in [2.05, 4.69) is 35.8 Å².